The Kier molecular flexibility index (Phi) is 5.80. The van der Waals surface area contributed by atoms with E-state index in [1.54, 1.807) is 0 Å². The summed E-state index contributed by atoms with van der Waals surface area (Å²) >= 11 is 1.35. The van der Waals surface area contributed by atoms with Crippen LogP contribution >= 0.6 is 47.7 Å². The molecule has 54 valence electrons. The maximum atomic E-state index is 2.43. The summed E-state index contributed by atoms with van der Waals surface area (Å²) in [5, 5.41) is 0. The predicted octanol–water partition coefficient (Wildman–Crippen LogP) is 3.52. The van der Waals surface area contributed by atoms with Gasteiger partial charge < -0.3 is 0 Å². The van der Waals surface area contributed by atoms with Crippen LogP contribution in [-0.2, 0) is 0 Å². The van der Waals surface area contributed by atoms with Crippen LogP contribution in [0.25, 0.3) is 0 Å². The van der Waals surface area contributed by atoms with E-state index in [0.29, 0.717) is 47.7 Å². The fourth-order valence-electron chi connectivity index (χ4n) is 0.351. The molecule has 0 fully saturated rings. The van der Waals surface area contributed by atoms with Gasteiger partial charge >= 0.3 is 80.2 Å². The van der Waals surface area contributed by atoms with Gasteiger partial charge in [0.25, 0.3) is 0 Å². The Balaban J connectivity index is 2.45. The van der Waals surface area contributed by atoms with Crippen LogP contribution in [0.2, 0.25) is 0 Å². The van der Waals surface area contributed by atoms with Crippen molar-refractivity contribution in [3.63, 3.8) is 0 Å². The van der Waals surface area contributed by atoms with Crippen LogP contribution in [0.4, 0.5) is 0 Å². The molecule has 0 aromatic carbocycles. The van der Waals surface area contributed by atoms with Crippen molar-refractivity contribution in [3.05, 3.63) is 32.5 Å². The molecule has 0 saturated carbocycles. The number of halogens is 3. The molecule has 0 unspecified atom stereocenters. The minimum atomic E-state index is 0.403. The fraction of sp³-hybridized carbons (Fsp3) is 0. The molecule has 0 spiro atoms. The Hall–Kier alpha value is 1.41. The van der Waals surface area contributed by atoms with Crippen molar-refractivity contribution in [2.75, 3.05) is 0 Å². The van der Waals surface area contributed by atoms with E-state index in [4.69, 9.17) is 0 Å². The van der Waals surface area contributed by atoms with E-state index >= 15 is 0 Å². The van der Waals surface area contributed by atoms with Crippen LogP contribution in [0.5, 0.6) is 0 Å². The molecule has 1 aliphatic heterocycles. The van der Waals surface area contributed by atoms with Crippen molar-refractivity contribution in [1.29, 1.82) is 0 Å². The molecule has 1 rings (SSSR count). The van der Waals surface area contributed by atoms with Crippen molar-refractivity contribution < 1.29 is 0 Å². The number of rotatable bonds is 0. The summed E-state index contributed by atoms with van der Waals surface area (Å²) in [6, 6.07) is 0. The van der Waals surface area contributed by atoms with Crippen LogP contribution in [0, 0.1) is 0 Å². The summed E-state index contributed by atoms with van der Waals surface area (Å²) in [6.45, 7) is 0. The monoisotopic (exact) mass is 462 g/mol. The third-order valence-electron chi connectivity index (χ3n) is 0.680. The Morgan fingerprint density at radius 3 is 1.78 bits per heavy atom. The normalized spacial score (nSPS) is 21.3. The van der Waals surface area contributed by atoms with Gasteiger partial charge in [0.05, 0.1) is 0 Å². The second-order valence-corrected chi connectivity index (χ2v) is 31.8. The number of hydrogen-bond acceptors (Lipinski definition) is 0. The van der Waals surface area contributed by atoms with Gasteiger partial charge in [-0.25, -0.2) is 0 Å². The van der Waals surface area contributed by atoms with Crippen molar-refractivity contribution in [2.45, 2.75) is 0 Å². The Bertz CT molecular complexity index is 130. The third kappa shape index (κ3) is 4.77. The first kappa shape index (κ1) is 8.51. The Labute approximate surface area is 78.7 Å². The van der Waals surface area contributed by atoms with Gasteiger partial charge in [-0.2, -0.15) is 0 Å². The van der Waals surface area contributed by atoms with Gasteiger partial charge in [-0.1, -0.05) is 0 Å². The van der Waals surface area contributed by atoms with E-state index in [1.807, 2.05) is 0 Å². The minimum absolute atomic E-state index is 0.403. The zero-order chi connectivity index (χ0) is 6.36. The molecule has 3 heteroatoms. The zero-order valence-electron chi connectivity index (χ0n) is 4.69. The molecule has 0 saturated heterocycles. The van der Waals surface area contributed by atoms with Crippen molar-refractivity contribution in [2.24, 2.45) is 0 Å². The SMILES string of the molecule is C1=CC=C[IH][IH][IH]C=C1. The molecule has 0 N–H and O–H groups in total. The summed E-state index contributed by atoms with van der Waals surface area (Å²) in [5.74, 6) is 0. The van der Waals surface area contributed by atoms with Crippen molar-refractivity contribution in [1.82, 2.24) is 0 Å². The van der Waals surface area contributed by atoms with Crippen LogP contribution in [0.15, 0.2) is 32.5 Å². The van der Waals surface area contributed by atoms with Gasteiger partial charge in [0.15, 0.2) is 0 Å². The molecular formula is C6H9I3. The number of allylic oxidation sites excluding steroid dienone is 4. The standard InChI is InChI=1S/C6H9I3/c1-2-4-6-8-9-7-5-3-1/h1-9H. The molecule has 9 heavy (non-hydrogen) atoms. The second-order valence-electron chi connectivity index (χ2n) is 1.30. The van der Waals surface area contributed by atoms with Crippen molar-refractivity contribution >= 4 is 47.7 Å². The Morgan fingerprint density at radius 2 is 1.22 bits per heavy atom. The molecule has 0 amide bonds. The van der Waals surface area contributed by atoms with Gasteiger partial charge in [0, 0.05) is 0 Å². The van der Waals surface area contributed by atoms with Gasteiger partial charge in [-0.05, 0) is 0 Å². The van der Waals surface area contributed by atoms with Gasteiger partial charge in [-0.15, -0.1) is 0 Å². The molecule has 0 aromatic heterocycles. The van der Waals surface area contributed by atoms with E-state index in [1.165, 1.54) is 0 Å². The van der Waals surface area contributed by atoms with Crippen LogP contribution in [-0.4, -0.2) is 0 Å². The van der Waals surface area contributed by atoms with E-state index in [2.05, 4.69) is 32.5 Å². The van der Waals surface area contributed by atoms with Crippen molar-refractivity contribution in [3.8, 4) is 0 Å². The average Bonchev–Trinajstić information content (AvgIpc) is 2.00. The summed E-state index contributed by atoms with van der Waals surface area (Å²) < 4.78 is 4.86. The first-order valence-corrected chi connectivity index (χ1v) is 19.8. The first-order valence-electron chi connectivity index (χ1n) is 2.47. The van der Waals surface area contributed by atoms with E-state index in [0.717, 1.165) is 0 Å². The summed E-state index contributed by atoms with van der Waals surface area (Å²) in [6.07, 6.45) is 8.73. The molecular weight excluding hydrogens is 453 g/mol. The van der Waals surface area contributed by atoms with Crippen LogP contribution in [0.3, 0.4) is 0 Å². The van der Waals surface area contributed by atoms with Gasteiger partial charge in [0.1, 0.15) is 0 Å². The molecule has 0 atom stereocenters. The van der Waals surface area contributed by atoms with Crippen LogP contribution < -0.4 is 0 Å². The second kappa shape index (κ2) is 6.14. The quantitative estimate of drug-likeness (QED) is 0.484. The summed E-state index contributed by atoms with van der Waals surface area (Å²) in [7, 11) is 0. The molecule has 0 aromatic rings. The molecule has 1 aliphatic rings. The average molecular weight is 462 g/mol. The van der Waals surface area contributed by atoms with E-state index in [9.17, 15) is 0 Å². The summed E-state index contributed by atoms with van der Waals surface area (Å²) in [5.41, 5.74) is 0. The maximum absolute atomic E-state index is 2.43. The zero-order valence-corrected chi connectivity index (χ0v) is 11.7. The topological polar surface area (TPSA) is 0 Å². The Morgan fingerprint density at radius 1 is 0.667 bits per heavy atom. The molecule has 0 aliphatic carbocycles. The third-order valence-corrected chi connectivity index (χ3v) is 30.1. The molecule has 0 radical (unpaired) electrons. The first-order chi connectivity index (χ1) is 4.50. The summed E-state index contributed by atoms with van der Waals surface area (Å²) in [4.78, 5) is 0. The van der Waals surface area contributed by atoms with Gasteiger partial charge in [-0.3, -0.25) is 0 Å². The predicted molar refractivity (Wildman–Crippen MR) is 73.7 cm³/mol. The molecule has 0 nitrogen and oxygen atoms in total. The fourth-order valence-corrected chi connectivity index (χ4v) is 24.2. The van der Waals surface area contributed by atoms with Crippen LogP contribution in [0.1, 0.15) is 0 Å². The molecule has 1 heterocycles. The number of hydrogen-bond donors (Lipinski definition) is 0. The molecule has 0 bridgehead atoms. The van der Waals surface area contributed by atoms with Gasteiger partial charge in [0.2, 0.25) is 0 Å². The van der Waals surface area contributed by atoms with E-state index < -0.39 is 0 Å². The van der Waals surface area contributed by atoms with E-state index in [-0.39, 0.29) is 0 Å².